The van der Waals surface area contributed by atoms with Gasteiger partial charge in [0.15, 0.2) is 0 Å². The fraction of sp³-hybridized carbons (Fsp3) is 0.409. The van der Waals surface area contributed by atoms with E-state index in [1.165, 1.54) is 22.9 Å². The number of hydrogen-bond acceptors (Lipinski definition) is 2. The topological polar surface area (TPSA) is 35.6 Å². The lowest BCUT2D eigenvalue weighted by Gasteiger charge is -2.37. The first kappa shape index (κ1) is 21.0. The molecule has 2 aromatic carbocycles. The fourth-order valence-electron chi connectivity index (χ4n) is 3.57. The van der Waals surface area contributed by atoms with Crippen LogP contribution in [0.25, 0.3) is 0 Å². The average molecular weight is 405 g/mol. The highest BCUT2D eigenvalue weighted by atomic mass is 19.4. The third-order valence-electron chi connectivity index (χ3n) is 5.54. The molecule has 7 heteroatoms. The maximum absolute atomic E-state index is 12.9. The van der Waals surface area contributed by atoms with Crippen LogP contribution in [0.2, 0.25) is 0 Å². The number of hydrogen-bond donors (Lipinski definition) is 1. The molecule has 3 rings (SSSR count). The van der Waals surface area contributed by atoms with Crippen LogP contribution >= 0.6 is 0 Å². The Bertz CT molecular complexity index is 874. The number of rotatable bonds is 3. The molecule has 0 saturated carbocycles. The van der Waals surface area contributed by atoms with E-state index in [-0.39, 0.29) is 6.03 Å². The average Bonchev–Trinajstić information content (AvgIpc) is 2.69. The summed E-state index contributed by atoms with van der Waals surface area (Å²) in [7, 11) is 0. The number of piperazine rings is 1. The number of anilines is 1. The minimum Gasteiger partial charge on any atom is -0.368 e. The summed E-state index contributed by atoms with van der Waals surface area (Å²) in [5.74, 6) is 0. The maximum Gasteiger partial charge on any atom is 0.416 e. The van der Waals surface area contributed by atoms with Gasteiger partial charge in [0, 0.05) is 31.9 Å². The Hall–Kier alpha value is -2.70. The second kappa shape index (κ2) is 8.35. The molecule has 1 aliphatic heterocycles. The van der Waals surface area contributed by atoms with Gasteiger partial charge < -0.3 is 15.1 Å². The number of aryl methyl sites for hydroxylation is 1. The van der Waals surface area contributed by atoms with Crippen molar-refractivity contribution in [3.8, 4) is 0 Å². The molecule has 4 nitrogen and oxygen atoms in total. The normalized spacial score (nSPS) is 15.9. The van der Waals surface area contributed by atoms with E-state index in [2.05, 4.69) is 36.2 Å². The van der Waals surface area contributed by atoms with Crippen molar-refractivity contribution in [1.29, 1.82) is 0 Å². The maximum atomic E-state index is 12.9. The summed E-state index contributed by atoms with van der Waals surface area (Å²) in [6, 6.07) is 10.5. The molecule has 1 heterocycles. The van der Waals surface area contributed by atoms with Gasteiger partial charge in [0.1, 0.15) is 0 Å². The van der Waals surface area contributed by atoms with E-state index in [0.29, 0.717) is 18.7 Å². The van der Waals surface area contributed by atoms with Crippen molar-refractivity contribution in [2.75, 3.05) is 31.1 Å². The lowest BCUT2D eigenvalue weighted by molar-refractivity contribution is -0.137. The second-order valence-electron chi connectivity index (χ2n) is 7.49. The van der Waals surface area contributed by atoms with Crippen LogP contribution in [0.1, 0.15) is 35.2 Å². The predicted molar refractivity (Wildman–Crippen MR) is 108 cm³/mol. The largest absolute Gasteiger partial charge is 0.416 e. The monoisotopic (exact) mass is 405 g/mol. The van der Waals surface area contributed by atoms with Gasteiger partial charge in [-0.2, -0.15) is 13.2 Å². The second-order valence-corrected chi connectivity index (χ2v) is 7.49. The lowest BCUT2D eigenvalue weighted by atomic mass is 10.0. The van der Waals surface area contributed by atoms with E-state index in [4.69, 9.17) is 0 Å². The zero-order valence-electron chi connectivity index (χ0n) is 16.9. The van der Waals surface area contributed by atoms with Crippen molar-refractivity contribution in [3.05, 3.63) is 64.7 Å². The summed E-state index contributed by atoms with van der Waals surface area (Å²) in [6.45, 7) is 8.44. The summed E-state index contributed by atoms with van der Waals surface area (Å²) in [4.78, 5) is 16.6. The van der Waals surface area contributed by atoms with E-state index in [1.54, 1.807) is 17.9 Å². The minimum atomic E-state index is -4.40. The highest BCUT2D eigenvalue weighted by Gasteiger charge is 2.31. The molecular formula is C22H26F3N3O. The summed E-state index contributed by atoms with van der Waals surface area (Å²) < 4.78 is 38.7. The van der Waals surface area contributed by atoms with Crippen molar-refractivity contribution in [2.24, 2.45) is 0 Å². The Morgan fingerprint density at radius 3 is 2.34 bits per heavy atom. The summed E-state index contributed by atoms with van der Waals surface area (Å²) >= 11 is 0. The summed E-state index contributed by atoms with van der Waals surface area (Å²) in [6.07, 6.45) is -4.40. The fourth-order valence-corrected chi connectivity index (χ4v) is 3.57. The molecule has 156 valence electrons. The molecule has 0 bridgehead atoms. The molecule has 2 amide bonds. The van der Waals surface area contributed by atoms with Gasteiger partial charge in [-0.25, -0.2) is 4.79 Å². The first-order valence-corrected chi connectivity index (χ1v) is 9.70. The number of carbonyl (C=O) groups excluding carboxylic acids is 1. The summed E-state index contributed by atoms with van der Waals surface area (Å²) in [5, 5.41) is 2.82. The molecule has 1 saturated heterocycles. The molecule has 0 spiro atoms. The third kappa shape index (κ3) is 4.83. The van der Waals surface area contributed by atoms with Gasteiger partial charge in [-0.1, -0.05) is 24.3 Å². The summed E-state index contributed by atoms with van der Waals surface area (Å²) in [5.41, 5.74) is 3.38. The zero-order chi connectivity index (χ0) is 21.2. The van der Waals surface area contributed by atoms with Crippen LogP contribution in [-0.4, -0.2) is 37.1 Å². The van der Waals surface area contributed by atoms with Gasteiger partial charge in [0.25, 0.3) is 0 Å². The number of benzene rings is 2. The molecule has 1 aliphatic rings. The molecule has 0 aliphatic carbocycles. The highest BCUT2D eigenvalue weighted by molar-refractivity contribution is 5.75. The van der Waals surface area contributed by atoms with E-state index in [9.17, 15) is 18.0 Å². The van der Waals surface area contributed by atoms with Crippen LogP contribution < -0.4 is 10.2 Å². The minimum absolute atomic E-state index is 0.254. The van der Waals surface area contributed by atoms with Gasteiger partial charge in [-0.15, -0.1) is 0 Å². The van der Waals surface area contributed by atoms with E-state index in [0.717, 1.165) is 25.2 Å². The molecule has 1 unspecified atom stereocenters. The molecule has 1 N–H and O–H groups in total. The first-order chi connectivity index (χ1) is 13.7. The SMILES string of the molecule is Cc1cccc(N2CCN(C(=O)NC(C)c3cccc(C(F)(F)F)c3)CC2)c1C. The van der Waals surface area contributed by atoms with Gasteiger partial charge >= 0.3 is 12.2 Å². The van der Waals surface area contributed by atoms with Crippen molar-refractivity contribution in [1.82, 2.24) is 10.2 Å². The van der Waals surface area contributed by atoms with E-state index in [1.807, 2.05) is 6.07 Å². The lowest BCUT2D eigenvalue weighted by Crippen LogP contribution is -2.52. The quantitative estimate of drug-likeness (QED) is 0.787. The van der Waals surface area contributed by atoms with Gasteiger partial charge in [-0.05, 0) is 55.7 Å². The number of halogens is 3. The van der Waals surface area contributed by atoms with Crippen molar-refractivity contribution < 1.29 is 18.0 Å². The van der Waals surface area contributed by atoms with Gasteiger partial charge in [0.05, 0.1) is 11.6 Å². The Labute approximate surface area is 169 Å². The van der Waals surface area contributed by atoms with Crippen molar-refractivity contribution in [2.45, 2.75) is 33.0 Å². The van der Waals surface area contributed by atoms with Crippen LogP contribution in [0.3, 0.4) is 0 Å². The number of nitrogens with one attached hydrogen (secondary N) is 1. The van der Waals surface area contributed by atoms with E-state index >= 15 is 0 Å². The Morgan fingerprint density at radius 2 is 1.69 bits per heavy atom. The number of amides is 2. The molecular weight excluding hydrogens is 379 g/mol. The Kier molecular flexibility index (Phi) is 6.05. The van der Waals surface area contributed by atoms with Gasteiger partial charge in [0.2, 0.25) is 0 Å². The smallest absolute Gasteiger partial charge is 0.368 e. The Balaban J connectivity index is 1.59. The van der Waals surface area contributed by atoms with Crippen LogP contribution in [-0.2, 0) is 6.18 Å². The predicted octanol–water partition coefficient (Wildman–Crippen LogP) is 4.92. The van der Waals surface area contributed by atoms with Crippen molar-refractivity contribution in [3.63, 3.8) is 0 Å². The third-order valence-corrected chi connectivity index (χ3v) is 5.54. The molecule has 0 aromatic heterocycles. The first-order valence-electron chi connectivity index (χ1n) is 9.70. The number of carbonyl (C=O) groups is 1. The molecule has 1 atom stereocenters. The van der Waals surface area contributed by atoms with Gasteiger partial charge in [-0.3, -0.25) is 0 Å². The molecule has 0 radical (unpaired) electrons. The molecule has 1 fully saturated rings. The van der Waals surface area contributed by atoms with Crippen LogP contribution in [0.15, 0.2) is 42.5 Å². The van der Waals surface area contributed by atoms with Crippen LogP contribution in [0.5, 0.6) is 0 Å². The van der Waals surface area contributed by atoms with Crippen LogP contribution in [0.4, 0.5) is 23.7 Å². The zero-order valence-corrected chi connectivity index (χ0v) is 16.9. The highest BCUT2D eigenvalue weighted by Crippen LogP contribution is 2.31. The van der Waals surface area contributed by atoms with Crippen molar-refractivity contribution >= 4 is 11.7 Å². The number of nitrogens with zero attached hydrogens (tertiary/aromatic N) is 2. The molecule has 2 aromatic rings. The number of alkyl halides is 3. The standard InChI is InChI=1S/C22H26F3N3O/c1-15-6-4-9-20(16(15)2)27-10-12-28(13-11-27)21(29)26-17(3)18-7-5-8-19(14-18)22(23,24)25/h4-9,14,17H,10-13H2,1-3H3,(H,26,29). The Morgan fingerprint density at radius 1 is 1.03 bits per heavy atom. The van der Waals surface area contributed by atoms with Crippen LogP contribution in [0, 0.1) is 13.8 Å². The molecule has 29 heavy (non-hydrogen) atoms. The number of urea groups is 1. The van der Waals surface area contributed by atoms with E-state index < -0.39 is 17.8 Å².